The monoisotopic (exact) mass is 283 g/mol. The SMILES string of the molecule is O=C(NCCc1nc(C(=O)O)cs1)NC1CCCC1. The average molecular weight is 283 g/mol. The van der Waals surface area contributed by atoms with E-state index < -0.39 is 5.97 Å². The van der Waals surface area contributed by atoms with Crippen LogP contribution in [0.3, 0.4) is 0 Å². The molecule has 0 aromatic carbocycles. The number of carbonyl (C=O) groups is 2. The summed E-state index contributed by atoms with van der Waals surface area (Å²) in [6.07, 6.45) is 5.03. The summed E-state index contributed by atoms with van der Waals surface area (Å²) in [4.78, 5) is 26.2. The summed E-state index contributed by atoms with van der Waals surface area (Å²) < 4.78 is 0. The van der Waals surface area contributed by atoms with Crippen LogP contribution in [0.1, 0.15) is 41.2 Å². The van der Waals surface area contributed by atoms with Gasteiger partial charge in [0.05, 0.1) is 5.01 Å². The highest BCUT2D eigenvalue weighted by atomic mass is 32.1. The summed E-state index contributed by atoms with van der Waals surface area (Å²) in [5.74, 6) is -1.02. The Hall–Kier alpha value is -1.63. The number of nitrogens with one attached hydrogen (secondary N) is 2. The van der Waals surface area contributed by atoms with Gasteiger partial charge in [-0.1, -0.05) is 12.8 Å². The molecule has 0 spiro atoms. The van der Waals surface area contributed by atoms with Gasteiger partial charge in [0.15, 0.2) is 5.69 Å². The molecule has 1 aliphatic rings. The molecule has 0 saturated heterocycles. The van der Waals surface area contributed by atoms with Crippen LogP contribution in [-0.2, 0) is 6.42 Å². The van der Waals surface area contributed by atoms with Gasteiger partial charge in [0.1, 0.15) is 0 Å². The van der Waals surface area contributed by atoms with E-state index >= 15 is 0 Å². The fourth-order valence-electron chi connectivity index (χ4n) is 2.11. The summed E-state index contributed by atoms with van der Waals surface area (Å²) in [6, 6.07) is 0.153. The number of urea groups is 1. The Labute approximate surface area is 115 Å². The van der Waals surface area contributed by atoms with Crippen molar-refractivity contribution in [1.82, 2.24) is 15.6 Å². The molecule has 0 aliphatic heterocycles. The van der Waals surface area contributed by atoms with E-state index in [1.807, 2.05) is 0 Å². The van der Waals surface area contributed by atoms with Gasteiger partial charge in [0.25, 0.3) is 0 Å². The third kappa shape index (κ3) is 4.20. The number of amides is 2. The second-order valence-electron chi connectivity index (χ2n) is 4.56. The molecule has 1 fully saturated rings. The predicted octanol–water partition coefficient (Wildman–Crippen LogP) is 1.63. The van der Waals surface area contributed by atoms with Crippen LogP contribution in [-0.4, -0.2) is 34.7 Å². The lowest BCUT2D eigenvalue weighted by Gasteiger charge is -2.12. The fraction of sp³-hybridized carbons (Fsp3) is 0.583. The molecule has 6 nitrogen and oxygen atoms in total. The average Bonchev–Trinajstić information content (AvgIpc) is 3.00. The van der Waals surface area contributed by atoms with Crippen LogP contribution in [0.4, 0.5) is 4.79 Å². The van der Waals surface area contributed by atoms with Crippen molar-refractivity contribution in [3.63, 3.8) is 0 Å². The maximum absolute atomic E-state index is 11.6. The number of carboxylic acid groups (broad SMARTS) is 1. The van der Waals surface area contributed by atoms with E-state index in [-0.39, 0.29) is 11.7 Å². The number of hydrogen-bond donors (Lipinski definition) is 3. The third-order valence-electron chi connectivity index (χ3n) is 3.09. The van der Waals surface area contributed by atoms with Gasteiger partial charge in [-0.2, -0.15) is 0 Å². The lowest BCUT2D eigenvalue weighted by atomic mass is 10.2. The highest BCUT2D eigenvalue weighted by Crippen LogP contribution is 2.17. The van der Waals surface area contributed by atoms with Gasteiger partial charge >= 0.3 is 12.0 Å². The van der Waals surface area contributed by atoms with Crippen molar-refractivity contribution in [3.8, 4) is 0 Å². The van der Waals surface area contributed by atoms with Crippen LogP contribution < -0.4 is 10.6 Å². The van der Waals surface area contributed by atoms with Crippen molar-refractivity contribution in [3.05, 3.63) is 16.1 Å². The molecule has 1 aliphatic carbocycles. The Morgan fingerprint density at radius 1 is 1.42 bits per heavy atom. The highest BCUT2D eigenvalue weighted by molar-refractivity contribution is 7.09. The smallest absolute Gasteiger partial charge is 0.355 e. The second kappa shape index (κ2) is 6.51. The van der Waals surface area contributed by atoms with E-state index in [0.717, 1.165) is 17.8 Å². The van der Waals surface area contributed by atoms with E-state index in [1.54, 1.807) is 0 Å². The second-order valence-corrected chi connectivity index (χ2v) is 5.51. The first-order valence-electron chi connectivity index (χ1n) is 6.37. The molecule has 2 amide bonds. The lowest BCUT2D eigenvalue weighted by Crippen LogP contribution is -2.41. The Morgan fingerprint density at radius 3 is 2.79 bits per heavy atom. The zero-order valence-electron chi connectivity index (χ0n) is 10.5. The maximum Gasteiger partial charge on any atom is 0.355 e. The first kappa shape index (κ1) is 13.8. The van der Waals surface area contributed by atoms with Crippen LogP contribution in [0.2, 0.25) is 0 Å². The van der Waals surface area contributed by atoms with Crippen molar-refractivity contribution in [2.75, 3.05) is 6.54 Å². The van der Waals surface area contributed by atoms with Gasteiger partial charge in [-0.3, -0.25) is 0 Å². The third-order valence-corrected chi connectivity index (χ3v) is 3.99. The molecular formula is C12H17N3O3S. The number of hydrogen-bond acceptors (Lipinski definition) is 4. The van der Waals surface area contributed by atoms with E-state index in [9.17, 15) is 9.59 Å². The Morgan fingerprint density at radius 2 is 2.16 bits per heavy atom. The van der Waals surface area contributed by atoms with Gasteiger partial charge < -0.3 is 15.7 Å². The molecule has 1 saturated carbocycles. The summed E-state index contributed by atoms with van der Waals surface area (Å²) in [5, 5.41) is 16.7. The molecule has 1 heterocycles. The van der Waals surface area contributed by atoms with Crippen molar-refractivity contribution in [1.29, 1.82) is 0 Å². The number of aromatic carboxylic acids is 1. The summed E-state index contributed by atoms with van der Waals surface area (Å²) in [6.45, 7) is 0.463. The summed E-state index contributed by atoms with van der Waals surface area (Å²) in [7, 11) is 0. The molecule has 7 heteroatoms. The van der Waals surface area contributed by atoms with Crippen molar-refractivity contribution < 1.29 is 14.7 Å². The molecular weight excluding hydrogens is 266 g/mol. The molecule has 0 bridgehead atoms. The summed E-state index contributed by atoms with van der Waals surface area (Å²) >= 11 is 1.30. The molecule has 3 N–H and O–H groups in total. The van der Waals surface area contributed by atoms with Crippen LogP contribution in [0.15, 0.2) is 5.38 Å². The molecule has 1 aromatic heterocycles. The van der Waals surface area contributed by atoms with Gasteiger partial charge in [0, 0.05) is 24.4 Å². The van der Waals surface area contributed by atoms with Crippen LogP contribution in [0, 0.1) is 0 Å². The first-order chi connectivity index (χ1) is 9.15. The maximum atomic E-state index is 11.6. The number of carboxylic acids is 1. The lowest BCUT2D eigenvalue weighted by molar-refractivity contribution is 0.0691. The van der Waals surface area contributed by atoms with Crippen molar-refractivity contribution in [2.45, 2.75) is 38.1 Å². The quantitative estimate of drug-likeness (QED) is 0.766. The Kier molecular flexibility index (Phi) is 4.73. The van der Waals surface area contributed by atoms with Crippen molar-refractivity contribution in [2.24, 2.45) is 0 Å². The van der Waals surface area contributed by atoms with E-state index in [0.29, 0.717) is 19.0 Å². The first-order valence-corrected chi connectivity index (χ1v) is 7.25. The van der Waals surface area contributed by atoms with Gasteiger partial charge in [-0.15, -0.1) is 11.3 Å². The van der Waals surface area contributed by atoms with E-state index in [2.05, 4.69) is 15.6 Å². The number of rotatable bonds is 5. The van der Waals surface area contributed by atoms with Gasteiger partial charge in [-0.05, 0) is 12.8 Å². The van der Waals surface area contributed by atoms with Crippen LogP contribution in [0.25, 0.3) is 0 Å². The number of thiazole rings is 1. The topological polar surface area (TPSA) is 91.3 Å². The predicted molar refractivity (Wildman–Crippen MR) is 71.6 cm³/mol. The molecule has 104 valence electrons. The van der Waals surface area contributed by atoms with Crippen molar-refractivity contribution >= 4 is 23.3 Å². The minimum Gasteiger partial charge on any atom is -0.476 e. The fourth-order valence-corrected chi connectivity index (χ4v) is 2.89. The molecule has 0 atom stereocenters. The normalized spacial score (nSPS) is 15.4. The van der Waals surface area contributed by atoms with E-state index in [4.69, 9.17) is 5.11 Å². The molecule has 19 heavy (non-hydrogen) atoms. The molecule has 0 radical (unpaired) electrons. The molecule has 2 rings (SSSR count). The number of carbonyl (C=O) groups excluding carboxylic acids is 1. The van der Waals surface area contributed by atoms with E-state index in [1.165, 1.54) is 29.6 Å². The Balaban J connectivity index is 1.67. The largest absolute Gasteiger partial charge is 0.476 e. The summed E-state index contributed by atoms with van der Waals surface area (Å²) in [5.41, 5.74) is 0.0652. The zero-order chi connectivity index (χ0) is 13.7. The van der Waals surface area contributed by atoms with Gasteiger partial charge in [0.2, 0.25) is 0 Å². The minimum atomic E-state index is -1.02. The highest BCUT2D eigenvalue weighted by Gasteiger charge is 2.16. The van der Waals surface area contributed by atoms with Crippen LogP contribution >= 0.6 is 11.3 Å². The Bertz CT molecular complexity index is 455. The van der Waals surface area contributed by atoms with Gasteiger partial charge in [-0.25, -0.2) is 14.6 Å². The van der Waals surface area contributed by atoms with Crippen LogP contribution in [0.5, 0.6) is 0 Å². The zero-order valence-corrected chi connectivity index (χ0v) is 11.3. The molecule has 0 unspecified atom stereocenters. The standard InChI is InChI=1S/C12H17N3O3S/c16-11(17)9-7-19-10(15-9)5-6-13-12(18)14-8-3-1-2-4-8/h7-8H,1-6H2,(H,16,17)(H2,13,14,18). The number of nitrogens with zero attached hydrogens (tertiary/aromatic N) is 1. The minimum absolute atomic E-state index is 0.0652. The number of aromatic nitrogens is 1. The molecule has 1 aromatic rings.